The van der Waals surface area contributed by atoms with Crippen LogP contribution < -0.4 is 0 Å². The molecular weight excluding hydrogens is 368 g/mol. The minimum atomic E-state index is 0.228. The molecule has 0 aliphatic carbocycles. The predicted molar refractivity (Wildman–Crippen MR) is 124 cm³/mol. The maximum atomic E-state index is 13.1. The smallest absolute Gasteiger partial charge is 0.254 e. The van der Waals surface area contributed by atoms with Gasteiger partial charge < -0.3 is 9.80 Å². The number of hydrogen-bond acceptors (Lipinski definition) is 2. The van der Waals surface area contributed by atoms with E-state index in [4.69, 9.17) is 0 Å². The molecule has 3 heteroatoms. The highest BCUT2D eigenvalue weighted by atomic mass is 16.2. The van der Waals surface area contributed by atoms with E-state index in [-0.39, 0.29) is 5.91 Å². The summed E-state index contributed by atoms with van der Waals surface area (Å²) in [6, 6.07) is 19.6. The molecule has 0 radical (unpaired) electrons. The van der Waals surface area contributed by atoms with Gasteiger partial charge in [-0.15, -0.1) is 0 Å². The van der Waals surface area contributed by atoms with E-state index < -0.39 is 0 Å². The number of hydrogen-bond donors (Lipinski definition) is 0. The first-order valence-electron chi connectivity index (χ1n) is 12.0. The highest BCUT2D eigenvalue weighted by Crippen LogP contribution is 2.23. The van der Waals surface area contributed by atoms with Crippen molar-refractivity contribution in [2.75, 3.05) is 26.2 Å². The summed E-state index contributed by atoms with van der Waals surface area (Å²) in [4.78, 5) is 17.8. The molecule has 2 aromatic rings. The van der Waals surface area contributed by atoms with Gasteiger partial charge in [0.05, 0.1) is 0 Å². The molecule has 1 unspecified atom stereocenters. The van der Waals surface area contributed by atoms with Crippen molar-refractivity contribution in [1.82, 2.24) is 9.80 Å². The first kappa shape index (κ1) is 21.1. The summed E-state index contributed by atoms with van der Waals surface area (Å²) in [6.45, 7) is 4.39. The van der Waals surface area contributed by atoms with Gasteiger partial charge in [0.15, 0.2) is 0 Å². The molecule has 4 rings (SSSR count). The standard InChI is InChI=1S/C27H36N2O/c30-27(29-21-9-14-26(29)22-28-19-7-8-20-28)25-17-15-24(16-18-25)13-6-2-5-12-23-10-3-1-4-11-23/h1,3-4,10-11,15-18,26H,2,5-9,12-14,19-22H2. The summed E-state index contributed by atoms with van der Waals surface area (Å²) < 4.78 is 0. The third kappa shape index (κ3) is 5.72. The number of carbonyl (C=O) groups is 1. The van der Waals surface area contributed by atoms with Gasteiger partial charge >= 0.3 is 0 Å². The number of unbranched alkanes of at least 4 members (excludes halogenated alkanes) is 2. The van der Waals surface area contributed by atoms with Gasteiger partial charge in [-0.1, -0.05) is 48.9 Å². The van der Waals surface area contributed by atoms with Crippen molar-refractivity contribution in [2.45, 2.75) is 63.8 Å². The Labute approximate surface area is 182 Å². The Balaban J connectivity index is 1.22. The first-order valence-corrected chi connectivity index (χ1v) is 12.0. The van der Waals surface area contributed by atoms with Gasteiger partial charge in [-0.3, -0.25) is 4.79 Å². The molecule has 2 saturated heterocycles. The number of benzene rings is 2. The second-order valence-corrected chi connectivity index (χ2v) is 9.05. The summed E-state index contributed by atoms with van der Waals surface area (Å²) >= 11 is 0. The number of amides is 1. The highest BCUT2D eigenvalue weighted by Gasteiger charge is 2.31. The Morgan fingerprint density at radius 3 is 2.13 bits per heavy atom. The van der Waals surface area contributed by atoms with E-state index in [1.807, 2.05) is 12.1 Å². The topological polar surface area (TPSA) is 23.6 Å². The summed E-state index contributed by atoms with van der Waals surface area (Å²) in [5, 5.41) is 0. The Morgan fingerprint density at radius 1 is 0.767 bits per heavy atom. The minimum Gasteiger partial charge on any atom is -0.334 e. The molecular formula is C27H36N2O. The van der Waals surface area contributed by atoms with Crippen LogP contribution >= 0.6 is 0 Å². The maximum absolute atomic E-state index is 13.1. The summed E-state index contributed by atoms with van der Waals surface area (Å²) in [5.74, 6) is 0.228. The van der Waals surface area contributed by atoms with E-state index in [1.165, 1.54) is 62.7 Å². The number of aryl methyl sites for hydroxylation is 2. The third-order valence-electron chi connectivity index (χ3n) is 6.78. The van der Waals surface area contributed by atoms with Crippen LogP contribution in [0.25, 0.3) is 0 Å². The van der Waals surface area contributed by atoms with Crippen molar-refractivity contribution in [3.05, 3.63) is 71.3 Å². The van der Waals surface area contributed by atoms with Gasteiger partial charge in [0.2, 0.25) is 0 Å². The number of rotatable bonds is 9. The summed E-state index contributed by atoms with van der Waals surface area (Å²) in [7, 11) is 0. The van der Waals surface area contributed by atoms with Gasteiger partial charge in [0.1, 0.15) is 0 Å². The number of nitrogens with zero attached hydrogens (tertiary/aromatic N) is 2. The van der Waals surface area contributed by atoms with E-state index in [1.54, 1.807) is 0 Å². The first-order chi connectivity index (χ1) is 14.8. The molecule has 3 nitrogen and oxygen atoms in total. The highest BCUT2D eigenvalue weighted by molar-refractivity contribution is 5.94. The van der Waals surface area contributed by atoms with Crippen molar-refractivity contribution in [3.8, 4) is 0 Å². The fraction of sp³-hybridized carbons (Fsp3) is 0.519. The SMILES string of the molecule is O=C(c1ccc(CCCCCc2ccccc2)cc1)N1CCCC1CN1CCCC1. The zero-order valence-electron chi connectivity index (χ0n) is 18.3. The maximum Gasteiger partial charge on any atom is 0.254 e. The molecule has 2 fully saturated rings. The van der Waals surface area contributed by atoms with Crippen LogP contribution in [-0.4, -0.2) is 47.9 Å². The average molecular weight is 405 g/mol. The van der Waals surface area contributed by atoms with Crippen LogP contribution in [0.1, 0.15) is 66.4 Å². The summed E-state index contributed by atoms with van der Waals surface area (Å²) in [6.07, 6.45) is 10.9. The van der Waals surface area contributed by atoms with Crippen LogP contribution in [0.4, 0.5) is 0 Å². The summed E-state index contributed by atoms with van der Waals surface area (Å²) in [5.41, 5.74) is 3.64. The van der Waals surface area contributed by atoms with Gasteiger partial charge in [-0.2, -0.15) is 0 Å². The van der Waals surface area contributed by atoms with Crippen LogP contribution in [0.2, 0.25) is 0 Å². The van der Waals surface area contributed by atoms with Crippen molar-refractivity contribution in [2.24, 2.45) is 0 Å². The molecule has 2 aromatic carbocycles. The van der Waals surface area contributed by atoms with Gasteiger partial charge in [-0.05, 0) is 87.7 Å². The largest absolute Gasteiger partial charge is 0.334 e. The molecule has 2 aliphatic rings. The van der Waals surface area contributed by atoms with E-state index in [0.29, 0.717) is 6.04 Å². The molecule has 2 aliphatic heterocycles. The molecule has 0 saturated carbocycles. The lowest BCUT2D eigenvalue weighted by Gasteiger charge is -2.28. The van der Waals surface area contributed by atoms with Gasteiger partial charge in [0, 0.05) is 24.7 Å². The Bertz CT molecular complexity index is 780. The average Bonchev–Trinajstić information content (AvgIpc) is 3.47. The fourth-order valence-electron chi connectivity index (χ4n) is 5.02. The van der Waals surface area contributed by atoms with Crippen molar-refractivity contribution >= 4 is 5.91 Å². The molecule has 1 atom stereocenters. The molecule has 0 N–H and O–H groups in total. The second-order valence-electron chi connectivity index (χ2n) is 9.05. The van der Waals surface area contributed by atoms with Gasteiger partial charge in [0.25, 0.3) is 5.91 Å². The van der Waals surface area contributed by atoms with E-state index in [9.17, 15) is 4.79 Å². The normalized spacial score (nSPS) is 19.5. The number of carbonyl (C=O) groups excluding carboxylic acids is 1. The van der Waals surface area contributed by atoms with Crippen LogP contribution in [0.3, 0.4) is 0 Å². The lowest BCUT2D eigenvalue weighted by atomic mass is 10.0. The monoisotopic (exact) mass is 404 g/mol. The molecule has 30 heavy (non-hydrogen) atoms. The molecule has 0 bridgehead atoms. The number of likely N-dealkylation sites (tertiary alicyclic amines) is 2. The van der Waals surface area contributed by atoms with Crippen LogP contribution in [0.5, 0.6) is 0 Å². The third-order valence-corrected chi connectivity index (χ3v) is 6.78. The Morgan fingerprint density at radius 2 is 1.43 bits per heavy atom. The molecule has 1 amide bonds. The Hall–Kier alpha value is -2.13. The zero-order chi connectivity index (χ0) is 20.6. The fourth-order valence-corrected chi connectivity index (χ4v) is 5.02. The quantitative estimate of drug-likeness (QED) is 0.527. The van der Waals surface area contributed by atoms with E-state index >= 15 is 0 Å². The molecule has 160 valence electrons. The lowest BCUT2D eigenvalue weighted by molar-refractivity contribution is 0.0709. The van der Waals surface area contributed by atoms with Crippen molar-refractivity contribution in [3.63, 3.8) is 0 Å². The molecule has 0 spiro atoms. The van der Waals surface area contributed by atoms with E-state index in [2.05, 4.69) is 52.3 Å². The second kappa shape index (κ2) is 10.8. The zero-order valence-corrected chi connectivity index (χ0v) is 18.3. The van der Waals surface area contributed by atoms with Crippen LogP contribution in [0.15, 0.2) is 54.6 Å². The van der Waals surface area contributed by atoms with Crippen LogP contribution in [-0.2, 0) is 12.8 Å². The molecule has 0 aromatic heterocycles. The predicted octanol–water partition coefficient (Wildman–Crippen LogP) is 5.34. The minimum absolute atomic E-state index is 0.228. The van der Waals surface area contributed by atoms with Crippen LogP contribution in [0, 0.1) is 0 Å². The lowest BCUT2D eigenvalue weighted by Crippen LogP contribution is -2.42. The Kier molecular flexibility index (Phi) is 7.58. The van der Waals surface area contributed by atoms with Crippen molar-refractivity contribution < 1.29 is 4.79 Å². The van der Waals surface area contributed by atoms with Crippen molar-refractivity contribution in [1.29, 1.82) is 0 Å². The molecule has 2 heterocycles. The van der Waals surface area contributed by atoms with E-state index in [0.717, 1.165) is 37.9 Å². The van der Waals surface area contributed by atoms with Gasteiger partial charge in [-0.25, -0.2) is 0 Å².